The fourth-order valence-corrected chi connectivity index (χ4v) is 2.05. The van der Waals surface area contributed by atoms with E-state index in [0.29, 0.717) is 0 Å². The fraction of sp³-hybridized carbons (Fsp3) is 0.167. The number of hydrogen-bond donors (Lipinski definition) is 3. The van der Waals surface area contributed by atoms with Gasteiger partial charge >= 0.3 is 0 Å². The van der Waals surface area contributed by atoms with Crippen LogP contribution in [-0.2, 0) is 6.42 Å². The van der Waals surface area contributed by atoms with E-state index in [-0.39, 0.29) is 5.84 Å². The van der Waals surface area contributed by atoms with Gasteiger partial charge in [-0.2, -0.15) is 0 Å². The molecule has 21 heavy (non-hydrogen) atoms. The first kappa shape index (κ1) is 14.9. The SMILES string of the molecule is C=C(CCc1ccc(C)cc1)Nc1ccc(C(=N)N)cc1. The summed E-state index contributed by atoms with van der Waals surface area (Å²) in [6.07, 6.45) is 1.86. The molecule has 108 valence electrons. The van der Waals surface area contributed by atoms with Crippen molar-refractivity contribution < 1.29 is 0 Å². The predicted molar refractivity (Wildman–Crippen MR) is 89.7 cm³/mol. The maximum atomic E-state index is 7.36. The van der Waals surface area contributed by atoms with Crippen LogP contribution >= 0.6 is 0 Å². The number of nitrogens with one attached hydrogen (secondary N) is 2. The Balaban J connectivity index is 1.86. The molecule has 3 nitrogen and oxygen atoms in total. The summed E-state index contributed by atoms with van der Waals surface area (Å²) >= 11 is 0. The quantitative estimate of drug-likeness (QED) is 0.556. The zero-order chi connectivity index (χ0) is 15.2. The number of benzene rings is 2. The van der Waals surface area contributed by atoms with Gasteiger partial charge < -0.3 is 11.1 Å². The molecule has 0 spiro atoms. The van der Waals surface area contributed by atoms with E-state index < -0.39 is 0 Å². The van der Waals surface area contributed by atoms with E-state index in [4.69, 9.17) is 11.1 Å². The Kier molecular flexibility index (Phi) is 4.77. The van der Waals surface area contributed by atoms with E-state index in [2.05, 4.69) is 43.1 Å². The summed E-state index contributed by atoms with van der Waals surface area (Å²) in [4.78, 5) is 0. The lowest BCUT2D eigenvalue weighted by molar-refractivity contribution is 0.949. The van der Waals surface area contributed by atoms with Crippen LogP contribution in [0.2, 0.25) is 0 Å². The Labute approximate surface area is 126 Å². The number of hydrogen-bond acceptors (Lipinski definition) is 2. The van der Waals surface area contributed by atoms with Crippen molar-refractivity contribution in [2.75, 3.05) is 5.32 Å². The van der Waals surface area contributed by atoms with Crippen LogP contribution in [0.25, 0.3) is 0 Å². The number of allylic oxidation sites excluding steroid dienone is 1. The summed E-state index contributed by atoms with van der Waals surface area (Å²) in [5.74, 6) is 0.0831. The molecule has 0 radical (unpaired) electrons. The van der Waals surface area contributed by atoms with E-state index in [1.807, 2.05) is 24.3 Å². The maximum absolute atomic E-state index is 7.36. The first-order chi connectivity index (χ1) is 10.0. The lowest BCUT2D eigenvalue weighted by Crippen LogP contribution is -2.10. The molecule has 0 unspecified atom stereocenters. The van der Waals surface area contributed by atoms with Gasteiger partial charge in [-0.15, -0.1) is 0 Å². The van der Waals surface area contributed by atoms with E-state index in [0.717, 1.165) is 29.8 Å². The van der Waals surface area contributed by atoms with Crippen LogP contribution in [0.4, 0.5) is 5.69 Å². The van der Waals surface area contributed by atoms with Gasteiger partial charge in [-0.3, -0.25) is 5.41 Å². The highest BCUT2D eigenvalue weighted by molar-refractivity contribution is 5.95. The third-order valence-corrected chi connectivity index (χ3v) is 3.35. The largest absolute Gasteiger partial charge is 0.384 e. The van der Waals surface area contributed by atoms with Gasteiger partial charge in [0.2, 0.25) is 0 Å². The van der Waals surface area contributed by atoms with Crippen molar-refractivity contribution in [1.29, 1.82) is 5.41 Å². The average molecular weight is 279 g/mol. The van der Waals surface area contributed by atoms with E-state index >= 15 is 0 Å². The topological polar surface area (TPSA) is 61.9 Å². The van der Waals surface area contributed by atoms with Gasteiger partial charge in [-0.05, 0) is 49.6 Å². The van der Waals surface area contributed by atoms with Gasteiger partial charge in [-0.1, -0.05) is 36.4 Å². The van der Waals surface area contributed by atoms with Crippen molar-refractivity contribution in [2.45, 2.75) is 19.8 Å². The number of nitrogen functional groups attached to an aromatic ring is 1. The highest BCUT2D eigenvalue weighted by atomic mass is 14.9. The number of rotatable bonds is 6. The van der Waals surface area contributed by atoms with E-state index in [1.54, 1.807) is 0 Å². The van der Waals surface area contributed by atoms with Crippen molar-refractivity contribution in [2.24, 2.45) is 5.73 Å². The molecule has 2 rings (SSSR count). The molecular formula is C18H21N3. The smallest absolute Gasteiger partial charge is 0.122 e. The Hall–Kier alpha value is -2.55. The molecule has 0 bridgehead atoms. The molecule has 0 aromatic heterocycles. The van der Waals surface area contributed by atoms with E-state index in [9.17, 15) is 0 Å². The number of aryl methyl sites for hydroxylation is 2. The summed E-state index contributed by atoms with van der Waals surface area (Å²) in [7, 11) is 0. The molecule has 0 fully saturated rings. The molecule has 0 aliphatic carbocycles. The monoisotopic (exact) mass is 279 g/mol. The van der Waals surface area contributed by atoms with Gasteiger partial charge in [-0.25, -0.2) is 0 Å². The van der Waals surface area contributed by atoms with Gasteiger partial charge in [0.1, 0.15) is 5.84 Å². The molecule has 2 aromatic rings. The second kappa shape index (κ2) is 6.75. The van der Waals surface area contributed by atoms with Gasteiger partial charge in [0.15, 0.2) is 0 Å². The lowest BCUT2D eigenvalue weighted by atomic mass is 10.1. The number of amidine groups is 1. The molecular weight excluding hydrogens is 258 g/mol. The summed E-state index contributed by atoms with van der Waals surface area (Å²) in [5.41, 5.74) is 10.7. The Morgan fingerprint density at radius 2 is 1.71 bits per heavy atom. The first-order valence-electron chi connectivity index (χ1n) is 6.99. The highest BCUT2D eigenvalue weighted by Crippen LogP contribution is 2.14. The minimum Gasteiger partial charge on any atom is -0.384 e. The molecule has 0 saturated carbocycles. The van der Waals surface area contributed by atoms with Gasteiger partial charge in [0, 0.05) is 16.9 Å². The van der Waals surface area contributed by atoms with E-state index in [1.165, 1.54) is 11.1 Å². The summed E-state index contributed by atoms with van der Waals surface area (Å²) < 4.78 is 0. The van der Waals surface area contributed by atoms with Crippen LogP contribution in [0.5, 0.6) is 0 Å². The normalized spacial score (nSPS) is 10.1. The third-order valence-electron chi connectivity index (χ3n) is 3.35. The lowest BCUT2D eigenvalue weighted by Gasteiger charge is -2.10. The van der Waals surface area contributed by atoms with Crippen molar-refractivity contribution >= 4 is 11.5 Å². The minimum absolute atomic E-state index is 0.0831. The van der Waals surface area contributed by atoms with Crippen LogP contribution in [0.15, 0.2) is 60.8 Å². The summed E-state index contributed by atoms with van der Waals surface area (Å²) in [6.45, 7) is 6.15. The molecule has 0 atom stereocenters. The molecule has 0 heterocycles. The number of nitrogens with two attached hydrogens (primary N) is 1. The number of anilines is 1. The maximum Gasteiger partial charge on any atom is 0.122 e. The predicted octanol–water partition coefficient (Wildman–Crippen LogP) is 3.84. The molecule has 0 aliphatic rings. The molecule has 2 aromatic carbocycles. The molecule has 0 amide bonds. The Bertz CT molecular complexity index is 625. The standard InChI is InChI=1S/C18H21N3/c1-13-3-6-15(7-4-13)8-5-14(2)21-17-11-9-16(10-12-17)18(19)20/h3-4,6-7,9-12,21H,2,5,8H2,1H3,(H3,19,20). The zero-order valence-corrected chi connectivity index (χ0v) is 12.3. The van der Waals surface area contributed by atoms with Gasteiger partial charge in [0.25, 0.3) is 0 Å². The molecule has 3 heteroatoms. The zero-order valence-electron chi connectivity index (χ0n) is 12.3. The third kappa shape index (κ3) is 4.49. The molecule has 0 saturated heterocycles. The highest BCUT2D eigenvalue weighted by Gasteiger charge is 2.00. The van der Waals surface area contributed by atoms with Crippen LogP contribution in [0.3, 0.4) is 0 Å². The minimum atomic E-state index is 0.0831. The molecule has 4 N–H and O–H groups in total. The van der Waals surface area contributed by atoms with Crippen LogP contribution in [0, 0.1) is 12.3 Å². The second-order valence-electron chi connectivity index (χ2n) is 5.21. The second-order valence-corrected chi connectivity index (χ2v) is 5.21. The van der Waals surface area contributed by atoms with Crippen molar-refractivity contribution in [1.82, 2.24) is 0 Å². The Morgan fingerprint density at radius 1 is 1.10 bits per heavy atom. The molecule has 0 aliphatic heterocycles. The van der Waals surface area contributed by atoms with Crippen LogP contribution in [-0.4, -0.2) is 5.84 Å². The first-order valence-corrected chi connectivity index (χ1v) is 6.99. The summed E-state index contributed by atoms with van der Waals surface area (Å²) in [6, 6.07) is 16.1. The van der Waals surface area contributed by atoms with Crippen molar-refractivity contribution in [3.63, 3.8) is 0 Å². The summed E-state index contributed by atoms with van der Waals surface area (Å²) in [5, 5.41) is 10.6. The van der Waals surface area contributed by atoms with Crippen LogP contribution in [0.1, 0.15) is 23.1 Å². The Morgan fingerprint density at radius 3 is 2.29 bits per heavy atom. The van der Waals surface area contributed by atoms with Crippen molar-refractivity contribution in [3.05, 3.63) is 77.5 Å². The van der Waals surface area contributed by atoms with Crippen LogP contribution < -0.4 is 11.1 Å². The van der Waals surface area contributed by atoms with Gasteiger partial charge in [0.05, 0.1) is 0 Å². The van der Waals surface area contributed by atoms with Crippen molar-refractivity contribution in [3.8, 4) is 0 Å². The fourth-order valence-electron chi connectivity index (χ4n) is 2.05. The average Bonchev–Trinajstić information content (AvgIpc) is 2.47.